The average molecular weight is 337 g/mol. The van der Waals surface area contributed by atoms with E-state index >= 15 is 0 Å². The lowest BCUT2D eigenvalue weighted by Crippen LogP contribution is -2.45. The SMILES string of the molecule is O=C(CC1COCCN1)NCC1CCCN(Cc2cccs2)C1. The summed E-state index contributed by atoms with van der Waals surface area (Å²) < 4.78 is 5.39. The predicted molar refractivity (Wildman–Crippen MR) is 92.6 cm³/mol. The lowest BCUT2D eigenvalue weighted by Gasteiger charge is -2.32. The van der Waals surface area contributed by atoms with Crippen LogP contribution in [0.5, 0.6) is 0 Å². The van der Waals surface area contributed by atoms with Crippen molar-refractivity contribution in [3.8, 4) is 0 Å². The van der Waals surface area contributed by atoms with Crippen molar-refractivity contribution in [3.05, 3.63) is 22.4 Å². The third-order valence-corrected chi connectivity index (χ3v) is 5.44. The molecule has 3 rings (SSSR count). The van der Waals surface area contributed by atoms with Gasteiger partial charge in [0.15, 0.2) is 0 Å². The number of thiophene rings is 1. The third-order valence-electron chi connectivity index (χ3n) is 4.58. The molecule has 0 saturated carbocycles. The van der Waals surface area contributed by atoms with E-state index in [1.54, 1.807) is 0 Å². The summed E-state index contributed by atoms with van der Waals surface area (Å²) in [4.78, 5) is 16.0. The Hall–Kier alpha value is -0.950. The quantitative estimate of drug-likeness (QED) is 0.825. The Morgan fingerprint density at radius 1 is 1.52 bits per heavy atom. The van der Waals surface area contributed by atoms with Crippen molar-refractivity contribution in [2.24, 2.45) is 5.92 Å². The van der Waals surface area contributed by atoms with Crippen LogP contribution in [0, 0.1) is 5.92 Å². The summed E-state index contributed by atoms with van der Waals surface area (Å²) >= 11 is 1.83. The molecule has 0 spiro atoms. The molecule has 0 aliphatic carbocycles. The van der Waals surface area contributed by atoms with Crippen molar-refractivity contribution in [2.75, 3.05) is 39.4 Å². The molecule has 1 amide bonds. The molecule has 2 aliphatic heterocycles. The van der Waals surface area contributed by atoms with Crippen molar-refractivity contribution in [2.45, 2.75) is 31.8 Å². The monoisotopic (exact) mass is 337 g/mol. The largest absolute Gasteiger partial charge is 0.378 e. The zero-order valence-electron chi connectivity index (χ0n) is 13.6. The fraction of sp³-hybridized carbons (Fsp3) is 0.706. The van der Waals surface area contributed by atoms with Crippen molar-refractivity contribution in [1.29, 1.82) is 0 Å². The second-order valence-corrected chi connectivity index (χ2v) is 7.59. The normalized spacial score (nSPS) is 26.1. The summed E-state index contributed by atoms with van der Waals surface area (Å²) in [5.74, 6) is 0.714. The number of piperidine rings is 1. The van der Waals surface area contributed by atoms with Gasteiger partial charge in [0.2, 0.25) is 5.91 Å². The molecule has 2 N–H and O–H groups in total. The molecule has 0 radical (unpaired) electrons. The first-order valence-corrected chi connectivity index (χ1v) is 9.50. The number of carbonyl (C=O) groups excluding carboxylic acids is 1. The van der Waals surface area contributed by atoms with Crippen LogP contribution < -0.4 is 10.6 Å². The molecule has 5 nitrogen and oxygen atoms in total. The van der Waals surface area contributed by atoms with Gasteiger partial charge >= 0.3 is 0 Å². The number of nitrogens with zero attached hydrogens (tertiary/aromatic N) is 1. The minimum atomic E-state index is 0.142. The van der Waals surface area contributed by atoms with Gasteiger partial charge in [0.25, 0.3) is 0 Å². The van der Waals surface area contributed by atoms with Crippen LogP contribution in [-0.2, 0) is 16.1 Å². The Labute approximate surface area is 142 Å². The molecule has 2 atom stereocenters. The number of amides is 1. The molecule has 2 saturated heterocycles. The molecular formula is C17H27N3O2S. The topological polar surface area (TPSA) is 53.6 Å². The van der Waals surface area contributed by atoms with E-state index in [0.29, 0.717) is 18.9 Å². The first-order chi connectivity index (χ1) is 11.3. The Balaban J connectivity index is 1.36. The van der Waals surface area contributed by atoms with Crippen molar-refractivity contribution >= 4 is 17.2 Å². The highest BCUT2D eigenvalue weighted by atomic mass is 32.1. The van der Waals surface area contributed by atoms with Gasteiger partial charge in [-0.1, -0.05) is 6.07 Å². The van der Waals surface area contributed by atoms with E-state index in [1.807, 2.05) is 11.3 Å². The number of hydrogen-bond donors (Lipinski definition) is 2. The van der Waals surface area contributed by atoms with Gasteiger partial charge in [0.05, 0.1) is 13.2 Å². The maximum absolute atomic E-state index is 12.1. The molecule has 0 aromatic carbocycles. The maximum atomic E-state index is 12.1. The van der Waals surface area contributed by atoms with E-state index in [1.165, 1.54) is 24.3 Å². The summed E-state index contributed by atoms with van der Waals surface area (Å²) in [5.41, 5.74) is 0. The zero-order valence-corrected chi connectivity index (χ0v) is 14.4. The van der Waals surface area contributed by atoms with Crippen molar-refractivity contribution in [1.82, 2.24) is 15.5 Å². The minimum absolute atomic E-state index is 0.142. The van der Waals surface area contributed by atoms with Gasteiger partial charge in [-0.3, -0.25) is 9.69 Å². The Morgan fingerprint density at radius 2 is 2.48 bits per heavy atom. The summed E-state index contributed by atoms with van der Waals surface area (Å²) in [6, 6.07) is 4.49. The highest BCUT2D eigenvalue weighted by molar-refractivity contribution is 7.09. The van der Waals surface area contributed by atoms with E-state index < -0.39 is 0 Å². The Morgan fingerprint density at radius 3 is 3.26 bits per heavy atom. The van der Waals surface area contributed by atoms with Gasteiger partial charge in [-0.15, -0.1) is 11.3 Å². The molecule has 2 aliphatic rings. The molecule has 2 fully saturated rings. The van der Waals surface area contributed by atoms with Crippen LogP contribution in [0.4, 0.5) is 0 Å². The van der Waals surface area contributed by atoms with E-state index in [2.05, 4.69) is 33.0 Å². The summed E-state index contributed by atoms with van der Waals surface area (Å²) in [6.45, 7) is 6.34. The summed E-state index contributed by atoms with van der Waals surface area (Å²) in [6.07, 6.45) is 2.96. The van der Waals surface area contributed by atoms with Crippen LogP contribution in [0.25, 0.3) is 0 Å². The number of nitrogens with one attached hydrogen (secondary N) is 2. The van der Waals surface area contributed by atoms with E-state index in [4.69, 9.17) is 4.74 Å². The number of rotatable bonds is 6. The van der Waals surface area contributed by atoms with E-state index in [9.17, 15) is 4.79 Å². The Bertz CT molecular complexity index is 474. The fourth-order valence-corrected chi connectivity index (χ4v) is 4.14. The standard InChI is InChI=1S/C17H27N3O2S/c21-17(9-15-13-22-7-5-18-15)19-10-14-3-1-6-20(11-14)12-16-4-2-8-23-16/h2,4,8,14-15,18H,1,3,5-7,9-13H2,(H,19,21). The number of ether oxygens (including phenoxy) is 1. The minimum Gasteiger partial charge on any atom is -0.378 e. The van der Waals surface area contributed by atoms with Gasteiger partial charge in [-0.2, -0.15) is 0 Å². The zero-order chi connectivity index (χ0) is 15.9. The van der Waals surface area contributed by atoms with Gasteiger partial charge in [-0.25, -0.2) is 0 Å². The first kappa shape index (κ1) is 16.9. The van der Waals surface area contributed by atoms with Crippen LogP contribution in [0.15, 0.2) is 17.5 Å². The number of carbonyl (C=O) groups is 1. The number of likely N-dealkylation sites (tertiary alicyclic amines) is 1. The van der Waals surface area contributed by atoms with Crippen LogP contribution in [0.1, 0.15) is 24.1 Å². The van der Waals surface area contributed by atoms with Crippen LogP contribution >= 0.6 is 11.3 Å². The van der Waals surface area contributed by atoms with Crippen LogP contribution in [-0.4, -0.2) is 56.2 Å². The molecular weight excluding hydrogens is 310 g/mol. The molecule has 6 heteroatoms. The summed E-state index contributed by atoms with van der Waals surface area (Å²) in [7, 11) is 0. The van der Waals surface area contributed by atoms with Crippen LogP contribution in [0.3, 0.4) is 0 Å². The van der Waals surface area contributed by atoms with Gasteiger partial charge in [0, 0.05) is 43.5 Å². The van der Waals surface area contributed by atoms with Gasteiger partial charge < -0.3 is 15.4 Å². The highest BCUT2D eigenvalue weighted by Gasteiger charge is 2.22. The van der Waals surface area contributed by atoms with Crippen LogP contribution in [0.2, 0.25) is 0 Å². The van der Waals surface area contributed by atoms with E-state index in [-0.39, 0.29) is 11.9 Å². The fourth-order valence-electron chi connectivity index (χ4n) is 3.39. The molecule has 1 aromatic heterocycles. The third kappa shape index (κ3) is 5.57. The molecule has 1 aromatic rings. The van der Waals surface area contributed by atoms with Crippen molar-refractivity contribution < 1.29 is 9.53 Å². The smallest absolute Gasteiger partial charge is 0.221 e. The first-order valence-electron chi connectivity index (χ1n) is 8.62. The number of morpholine rings is 1. The average Bonchev–Trinajstić information content (AvgIpc) is 3.07. The Kier molecular flexibility index (Phi) is 6.45. The molecule has 0 bridgehead atoms. The molecule has 23 heavy (non-hydrogen) atoms. The second kappa shape index (κ2) is 8.78. The van der Waals surface area contributed by atoms with Crippen molar-refractivity contribution in [3.63, 3.8) is 0 Å². The lowest BCUT2D eigenvalue weighted by molar-refractivity contribution is -0.122. The van der Waals surface area contributed by atoms with Gasteiger partial charge in [0.1, 0.15) is 0 Å². The molecule has 2 unspecified atom stereocenters. The maximum Gasteiger partial charge on any atom is 0.221 e. The molecule has 3 heterocycles. The van der Waals surface area contributed by atoms with E-state index in [0.717, 1.165) is 32.8 Å². The second-order valence-electron chi connectivity index (χ2n) is 6.56. The van der Waals surface area contributed by atoms with Gasteiger partial charge in [-0.05, 0) is 36.8 Å². The molecule has 128 valence electrons. The highest BCUT2D eigenvalue weighted by Crippen LogP contribution is 2.20. The lowest BCUT2D eigenvalue weighted by atomic mass is 9.98. The summed E-state index contributed by atoms with van der Waals surface area (Å²) in [5, 5.41) is 8.59. The predicted octanol–water partition coefficient (Wildman–Crippen LogP) is 1.45. The number of hydrogen-bond acceptors (Lipinski definition) is 5.